The first-order chi connectivity index (χ1) is 8.25. The molecule has 0 aliphatic carbocycles. The molecule has 0 unspecified atom stereocenters. The smallest absolute Gasteiger partial charge is 0.270 e. The Labute approximate surface area is 98.6 Å². The fourth-order valence-electron chi connectivity index (χ4n) is 1.54. The fraction of sp³-hybridized carbons (Fsp3) is 0.364. The van der Waals surface area contributed by atoms with Crippen LogP contribution in [-0.2, 0) is 4.74 Å². The van der Waals surface area contributed by atoms with Crippen molar-refractivity contribution in [1.29, 1.82) is 0 Å². The molecular weight excluding hydrogens is 222 g/mol. The first-order valence-corrected chi connectivity index (χ1v) is 5.37. The Morgan fingerprint density at radius 2 is 2.18 bits per heavy atom. The molecule has 0 spiro atoms. The molecule has 0 aromatic heterocycles. The monoisotopic (exact) mass is 235 g/mol. The second-order valence-corrected chi connectivity index (χ2v) is 3.66. The summed E-state index contributed by atoms with van der Waals surface area (Å²) in [6.07, 6.45) is 1.64. The van der Waals surface area contributed by atoms with Gasteiger partial charge in [-0.05, 0) is 0 Å². The first kappa shape index (κ1) is 11.5. The molecule has 90 valence electrons. The van der Waals surface area contributed by atoms with Crippen LogP contribution in [0.4, 0.5) is 5.69 Å². The Kier molecular flexibility index (Phi) is 3.66. The molecule has 1 aromatic carbocycles. The normalized spacial score (nSPS) is 16.4. The van der Waals surface area contributed by atoms with Gasteiger partial charge in [-0.15, -0.1) is 0 Å². The molecule has 0 saturated carbocycles. The van der Waals surface area contributed by atoms with Crippen molar-refractivity contribution in [2.75, 3.05) is 26.3 Å². The highest BCUT2D eigenvalue weighted by atomic mass is 16.6. The average molecular weight is 235 g/mol. The zero-order chi connectivity index (χ0) is 12.1. The summed E-state index contributed by atoms with van der Waals surface area (Å²) in [6.45, 7) is 2.86. The molecule has 0 radical (unpaired) electrons. The van der Waals surface area contributed by atoms with Crippen molar-refractivity contribution in [1.82, 2.24) is 5.01 Å². The number of hydrogen-bond acceptors (Lipinski definition) is 5. The van der Waals surface area contributed by atoms with E-state index >= 15 is 0 Å². The molecule has 0 atom stereocenters. The molecular formula is C11H13N3O3. The van der Waals surface area contributed by atoms with Gasteiger partial charge >= 0.3 is 0 Å². The topological polar surface area (TPSA) is 68.0 Å². The molecule has 0 N–H and O–H groups in total. The van der Waals surface area contributed by atoms with Crippen molar-refractivity contribution >= 4 is 11.9 Å². The summed E-state index contributed by atoms with van der Waals surface area (Å²) < 4.78 is 5.20. The Hall–Kier alpha value is -1.95. The number of hydrogen-bond donors (Lipinski definition) is 0. The lowest BCUT2D eigenvalue weighted by molar-refractivity contribution is -0.384. The molecule has 2 rings (SSSR count). The molecule has 1 aromatic rings. The second-order valence-electron chi connectivity index (χ2n) is 3.66. The number of benzene rings is 1. The van der Waals surface area contributed by atoms with Crippen LogP contribution in [0.5, 0.6) is 0 Å². The van der Waals surface area contributed by atoms with Crippen LogP contribution in [0.1, 0.15) is 5.56 Å². The average Bonchev–Trinajstić information content (AvgIpc) is 2.38. The van der Waals surface area contributed by atoms with Crippen LogP contribution in [0.15, 0.2) is 29.4 Å². The van der Waals surface area contributed by atoms with E-state index in [1.807, 2.05) is 5.01 Å². The van der Waals surface area contributed by atoms with Crippen LogP contribution in [0, 0.1) is 10.1 Å². The number of morpholine rings is 1. The third kappa shape index (κ3) is 3.25. The van der Waals surface area contributed by atoms with Gasteiger partial charge in [0.2, 0.25) is 0 Å². The van der Waals surface area contributed by atoms with Crippen LogP contribution in [0.3, 0.4) is 0 Å². The predicted octanol–water partition coefficient (Wildman–Crippen LogP) is 1.26. The standard InChI is InChI=1S/C11H13N3O3/c15-14(16)11-3-1-2-10(8-11)9-12-13-4-6-17-7-5-13/h1-3,8-9H,4-7H2. The minimum atomic E-state index is -0.411. The minimum absolute atomic E-state index is 0.0796. The van der Waals surface area contributed by atoms with Crippen molar-refractivity contribution in [2.45, 2.75) is 0 Å². The van der Waals surface area contributed by atoms with Crippen molar-refractivity contribution < 1.29 is 9.66 Å². The molecule has 0 bridgehead atoms. The lowest BCUT2D eigenvalue weighted by atomic mass is 10.2. The summed E-state index contributed by atoms with van der Waals surface area (Å²) in [7, 11) is 0. The van der Waals surface area contributed by atoms with E-state index in [0.717, 1.165) is 18.7 Å². The van der Waals surface area contributed by atoms with Crippen molar-refractivity contribution in [3.05, 3.63) is 39.9 Å². The van der Waals surface area contributed by atoms with Gasteiger partial charge in [-0.1, -0.05) is 12.1 Å². The maximum atomic E-state index is 10.6. The number of nitro benzene ring substituents is 1. The Bertz CT molecular complexity index is 428. The van der Waals surface area contributed by atoms with Gasteiger partial charge in [0.1, 0.15) is 0 Å². The SMILES string of the molecule is O=[N+]([O-])c1cccc(C=NN2CCOCC2)c1. The van der Waals surface area contributed by atoms with Gasteiger partial charge in [0.05, 0.1) is 37.4 Å². The zero-order valence-electron chi connectivity index (χ0n) is 9.28. The quantitative estimate of drug-likeness (QED) is 0.449. The van der Waals surface area contributed by atoms with E-state index in [4.69, 9.17) is 4.74 Å². The van der Waals surface area contributed by atoms with Gasteiger partial charge in [0.25, 0.3) is 5.69 Å². The molecule has 6 heteroatoms. The van der Waals surface area contributed by atoms with E-state index in [-0.39, 0.29) is 5.69 Å². The highest BCUT2D eigenvalue weighted by Gasteiger charge is 2.07. The molecule has 1 heterocycles. The van der Waals surface area contributed by atoms with E-state index < -0.39 is 4.92 Å². The summed E-state index contributed by atoms with van der Waals surface area (Å²) in [5, 5.41) is 16.7. The van der Waals surface area contributed by atoms with Crippen LogP contribution in [0.2, 0.25) is 0 Å². The molecule has 17 heavy (non-hydrogen) atoms. The summed E-state index contributed by atoms with van der Waals surface area (Å²) in [4.78, 5) is 10.2. The zero-order valence-corrected chi connectivity index (χ0v) is 9.28. The van der Waals surface area contributed by atoms with E-state index in [2.05, 4.69) is 5.10 Å². The van der Waals surface area contributed by atoms with Gasteiger partial charge < -0.3 is 4.74 Å². The number of nitrogens with zero attached hydrogens (tertiary/aromatic N) is 3. The maximum Gasteiger partial charge on any atom is 0.270 e. The molecule has 1 fully saturated rings. The summed E-state index contributed by atoms with van der Waals surface area (Å²) in [5.41, 5.74) is 0.807. The maximum absolute atomic E-state index is 10.6. The second kappa shape index (κ2) is 5.40. The number of nitro groups is 1. The largest absolute Gasteiger partial charge is 0.378 e. The highest BCUT2D eigenvalue weighted by molar-refractivity contribution is 5.80. The predicted molar refractivity (Wildman–Crippen MR) is 63.1 cm³/mol. The minimum Gasteiger partial charge on any atom is -0.378 e. The third-order valence-corrected chi connectivity index (χ3v) is 2.44. The van der Waals surface area contributed by atoms with Gasteiger partial charge in [0, 0.05) is 17.7 Å². The number of hydrazone groups is 1. The Morgan fingerprint density at radius 1 is 1.41 bits per heavy atom. The van der Waals surface area contributed by atoms with Crippen LogP contribution in [0.25, 0.3) is 0 Å². The first-order valence-electron chi connectivity index (χ1n) is 5.37. The summed E-state index contributed by atoms with van der Waals surface area (Å²) >= 11 is 0. The number of non-ortho nitro benzene ring substituents is 1. The van der Waals surface area contributed by atoms with Crippen molar-refractivity contribution in [3.8, 4) is 0 Å². The molecule has 0 amide bonds. The van der Waals surface area contributed by atoms with Crippen LogP contribution >= 0.6 is 0 Å². The molecule has 1 aliphatic heterocycles. The molecule has 1 saturated heterocycles. The summed E-state index contributed by atoms with van der Waals surface area (Å²) in [5.74, 6) is 0. The van der Waals surface area contributed by atoms with Crippen molar-refractivity contribution in [3.63, 3.8) is 0 Å². The van der Waals surface area contributed by atoms with Gasteiger partial charge in [-0.25, -0.2) is 0 Å². The lowest BCUT2D eigenvalue weighted by Gasteiger charge is -2.23. The summed E-state index contributed by atoms with van der Waals surface area (Å²) in [6, 6.07) is 6.41. The van der Waals surface area contributed by atoms with Gasteiger partial charge in [-0.2, -0.15) is 5.10 Å². The lowest BCUT2D eigenvalue weighted by Crippen LogP contribution is -2.32. The number of rotatable bonds is 3. The molecule has 1 aliphatic rings. The van der Waals surface area contributed by atoms with Crippen LogP contribution < -0.4 is 0 Å². The Balaban J connectivity index is 2.04. The molecule has 6 nitrogen and oxygen atoms in total. The van der Waals surface area contributed by atoms with E-state index in [0.29, 0.717) is 13.2 Å². The van der Waals surface area contributed by atoms with Gasteiger partial charge in [-0.3, -0.25) is 15.1 Å². The van der Waals surface area contributed by atoms with Gasteiger partial charge in [0.15, 0.2) is 0 Å². The Morgan fingerprint density at radius 3 is 2.88 bits per heavy atom. The third-order valence-electron chi connectivity index (χ3n) is 2.44. The van der Waals surface area contributed by atoms with Crippen molar-refractivity contribution in [2.24, 2.45) is 5.10 Å². The number of ether oxygens (including phenoxy) is 1. The van der Waals surface area contributed by atoms with E-state index in [1.165, 1.54) is 12.1 Å². The van der Waals surface area contributed by atoms with Crippen LogP contribution in [-0.4, -0.2) is 42.5 Å². The van der Waals surface area contributed by atoms with E-state index in [9.17, 15) is 10.1 Å². The highest BCUT2D eigenvalue weighted by Crippen LogP contribution is 2.11. The van der Waals surface area contributed by atoms with E-state index in [1.54, 1.807) is 18.3 Å². The fourth-order valence-corrected chi connectivity index (χ4v) is 1.54.